The Morgan fingerprint density at radius 2 is 1.93 bits per heavy atom. The van der Waals surface area contributed by atoms with Crippen LogP contribution in [0.3, 0.4) is 0 Å². The van der Waals surface area contributed by atoms with Gasteiger partial charge in [0, 0.05) is 14.1 Å². The first-order valence-electron chi connectivity index (χ1n) is 5.58. The molecule has 0 unspecified atom stereocenters. The third-order valence-electron chi connectivity index (χ3n) is 2.97. The predicted octanol–water partition coefficient (Wildman–Crippen LogP) is 1.43. The number of rotatable bonds is 2. The third kappa shape index (κ3) is 2.06. The number of hydrogen-bond acceptors (Lipinski definition) is 4. The van der Waals surface area contributed by atoms with Gasteiger partial charge in [-0.15, -0.1) is 5.10 Å². The predicted molar refractivity (Wildman–Crippen MR) is 60.9 cm³/mol. The van der Waals surface area contributed by atoms with E-state index in [4.69, 9.17) is 5.73 Å². The van der Waals surface area contributed by atoms with E-state index >= 15 is 0 Å². The maximum atomic E-state index is 5.87. The van der Waals surface area contributed by atoms with Crippen LogP contribution in [0.15, 0.2) is 0 Å². The van der Waals surface area contributed by atoms with E-state index in [0.717, 1.165) is 0 Å². The molecule has 0 aromatic carbocycles. The van der Waals surface area contributed by atoms with Crippen molar-refractivity contribution in [3.05, 3.63) is 0 Å². The summed E-state index contributed by atoms with van der Waals surface area (Å²) in [6.45, 7) is 0. The Morgan fingerprint density at radius 3 is 2.47 bits per heavy atom. The van der Waals surface area contributed by atoms with E-state index in [9.17, 15) is 0 Å². The van der Waals surface area contributed by atoms with Gasteiger partial charge in [-0.3, -0.25) is 0 Å². The Labute approximate surface area is 90.3 Å². The quantitative estimate of drug-likeness (QED) is 0.800. The summed E-state index contributed by atoms with van der Waals surface area (Å²) in [5, 5.41) is 4.44. The van der Waals surface area contributed by atoms with Crippen LogP contribution < -0.4 is 10.6 Å². The SMILES string of the molecule is CN(C)c1nc(N)n(C2CCCCC2)n1. The summed E-state index contributed by atoms with van der Waals surface area (Å²) < 4.78 is 1.90. The highest BCUT2D eigenvalue weighted by Crippen LogP contribution is 2.29. The molecule has 84 valence electrons. The Bertz CT molecular complexity index is 325. The molecule has 0 amide bonds. The van der Waals surface area contributed by atoms with Gasteiger partial charge in [-0.2, -0.15) is 4.98 Å². The minimum atomic E-state index is 0.458. The summed E-state index contributed by atoms with van der Waals surface area (Å²) in [6, 6.07) is 0.458. The number of nitrogens with two attached hydrogens (primary N) is 1. The molecule has 5 nitrogen and oxygen atoms in total. The van der Waals surface area contributed by atoms with Crippen LogP contribution in [0.1, 0.15) is 38.1 Å². The topological polar surface area (TPSA) is 60.0 Å². The molecule has 1 saturated carbocycles. The number of anilines is 2. The maximum absolute atomic E-state index is 5.87. The molecule has 15 heavy (non-hydrogen) atoms. The molecular formula is C10H19N5. The molecular weight excluding hydrogens is 190 g/mol. The van der Waals surface area contributed by atoms with Crippen molar-refractivity contribution in [2.75, 3.05) is 24.7 Å². The molecule has 2 N–H and O–H groups in total. The highest BCUT2D eigenvalue weighted by atomic mass is 15.4. The molecule has 1 fully saturated rings. The molecule has 2 rings (SSSR count). The molecule has 0 aliphatic heterocycles. The van der Waals surface area contributed by atoms with E-state index in [0.29, 0.717) is 17.9 Å². The van der Waals surface area contributed by atoms with E-state index in [1.54, 1.807) is 0 Å². The first-order chi connectivity index (χ1) is 7.18. The van der Waals surface area contributed by atoms with Crippen molar-refractivity contribution in [3.8, 4) is 0 Å². The molecule has 1 aliphatic rings. The van der Waals surface area contributed by atoms with Gasteiger partial charge in [0.1, 0.15) is 0 Å². The molecule has 5 heteroatoms. The lowest BCUT2D eigenvalue weighted by molar-refractivity contribution is 0.333. The second-order valence-corrected chi connectivity index (χ2v) is 4.40. The summed E-state index contributed by atoms with van der Waals surface area (Å²) in [5.74, 6) is 1.25. The molecule has 0 saturated heterocycles. The number of aromatic nitrogens is 3. The van der Waals surface area contributed by atoms with Gasteiger partial charge in [-0.1, -0.05) is 19.3 Å². The fourth-order valence-electron chi connectivity index (χ4n) is 2.11. The molecule has 0 radical (unpaired) electrons. The minimum absolute atomic E-state index is 0.458. The second kappa shape index (κ2) is 4.08. The zero-order chi connectivity index (χ0) is 10.8. The monoisotopic (exact) mass is 209 g/mol. The average molecular weight is 209 g/mol. The standard InChI is InChI=1S/C10H19N5/c1-14(2)10-12-9(11)15(13-10)8-6-4-3-5-7-8/h8H,3-7H2,1-2H3,(H2,11,12,13). The fraction of sp³-hybridized carbons (Fsp3) is 0.800. The van der Waals surface area contributed by atoms with Crippen LogP contribution in [0.5, 0.6) is 0 Å². The summed E-state index contributed by atoms with van der Waals surface area (Å²) in [7, 11) is 3.86. The lowest BCUT2D eigenvalue weighted by atomic mass is 9.96. The van der Waals surface area contributed by atoms with Crippen molar-refractivity contribution in [3.63, 3.8) is 0 Å². The molecule has 1 aromatic heterocycles. The summed E-state index contributed by atoms with van der Waals surface area (Å²) in [6.07, 6.45) is 6.26. The summed E-state index contributed by atoms with van der Waals surface area (Å²) in [4.78, 5) is 6.13. The van der Waals surface area contributed by atoms with Gasteiger partial charge < -0.3 is 10.6 Å². The van der Waals surface area contributed by atoms with Crippen LogP contribution in [0.25, 0.3) is 0 Å². The van der Waals surface area contributed by atoms with E-state index < -0.39 is 0 Å². The van der Waals surface area contributed by atoms with E-state index in [2.05, 4.69) is 10.1 Å². The van der Waals surface area contributed by atoms with Gasteiger partial charge in [0.05, 0.1) is 6.04 Å². The Balaban J connectivity index is 2.19. The average Bonchev–Trinajstić information content (AvgIpc) is 2.62. The molecule has 1 aromatic rings. The number of nitrogens with zero attached hydrogens (tertiary/aromatic N) is 4. The largest absolute Gasteiger partial charge is 0.368 e. The minimum Gasteiger partial charge on any atom is -0.368 e. The molecule has 0 atom stereocenters. The fourth-order valence-corrected chi connectivity index (χ4v) is 2.11. The third-order valence-corrected chi connectivity index (χ3v) is 2.97. The van der Waals surface area contributed by atoms with Gasteiger partial charge in [-0.05, 0) is 12.8 Å². The van der Waals surface area contributed by atoms with Crippen LogP contribution in [0.2, 0.25) is 0 Å². The molecule has 1 heterocycles. The van der Waals surface area contributed by atoms with Crippen LogP contribution in [0.4, 0.5) is 11.9 Å². The van der Waals surface area contributed by atoms with Gasteiger partial charge in [-0.25, -0.2) is 4.68 Å². The van der Waals surface area contributed by atoms with Gasteiger partial charge >= 0.3 is 0 Å². The smallest absolute Gasteiger partial charge is 0.246 e. The first kappa shape index (κ1) is 10.3. The lowest BCUT2D eigenvalue weighted by Crippen LogP contribution is -2.17. The number of nitrogen functional groups attached to an aromatic ring is 1. The van der Waals surface area contributed by atoms with Crippen LogP contribution in [0, 0.1) is 0 Å². The maximum Gasteiger partial charge on any atom is 0.246 e. The number of hydrogen-bond donors (Lipinski definition) is 1. The molecule has 1 aliphatic carbocycles. The summed E-state index contributed by atoms with van der Waals surface area (Å²) >= 11 is 0. The molecule has 0 bridgehead atoms. The van der Waals surface area contributed by atoms with E-state index in [1.165, 1.54) is 32.1 Å². The van der Waals surface area contributed by atoms with Crippen molar-refractivity contribution < 1.29 is 0 Å². The highest BCUT2D eigenvalue weighted by molar-refractivity contribution is 5.33. The van der Waals surface area contributed by atoms with Crippen LogP contribution >= 0.6 is 0 Å². The zero-order valence-corrected chi connectivity index (χ0v) is 9.48. The van der Waals surface area contributed by atoms with Gasteiger partial charge in [0.2, 0.25) is 11.9 Å². The first-order valence-corrected chi connectivity index (χ1v) is 5.58. The zero-order valence-electron chi connectivity index (χ0n) is 9.48. The summed E-state index contributed by atoms with van der Waals surface area (Å²) in [5.41, 5.74) is 5.87. The van der Waals surface area contributed by atoms with Gasteiger partial charge in [0.15, 0.2) is 0 Å². The van der Waals surface area contributed by atoms with E-state index in [1.807, 2.05) is 23.7 Å². The van der Waals surface area contributed by atoms with Crippen molar-refractivity contribution in [2.24, 2.45) is 0 Å². The Morgan fingerprint density at radius 1 is 1.27 bits per heavy atom. The lowest BCUT2D eigenvalue weighted by Gasteiger charge is -2.22. The molecule has 0 spiro atoms. The van der Waals surface area contributed by atoms with Crippen LogP contribution in [-0.4, -0.2) is 28.9 Å². The second-order valence-electron chi connectivity index (χ2n) is 4.40. The van der Waals surface area contributed by atoms with Crippen molar-refractivity contribution in [1.82, 2.24) is 14.8 Å². The van der Waals surface area contributed by atoms with Crippen molar-refractivity contribution in [2.45, 2.75) is 38.1 Å². The Hall–Kier alpha value is -1.26. The van der Waals surface area contributed by atoms with E-state index in [-0.39, 0.29) is 0 Å². The van der Waals surface area contributed by atoms with Crippen molar-refractivity contribution in [1.29, 1.82) is 0 Å². The Kier molecular flexibility index (Phi) is 2.79. The normalized spacial score (nSPS) is 18.0. The van der Waals surface area contributed by atoms with Gasteiger partial charge in [0.25, 0.3) is 0 Å². The van der Waals surface area contributed by atoms with Crippen LogP contribution in [-0.2, 0) is 0 Å². The highest BCUT2D eigenvalue weighted by Gasteiger charge is 2.20. The van der Waals surface area contributed by atoms with Crippen molar-refractivity contribution >= 4 is 11.9 Å².